The highest BCUT2D eigenvalue weighted by Crippen LogP contribution is 2.38. The van der Waals surface area contributed by atoms with Gasteiger partial charge in [0.25, 0.3) is 0 Å². The molecule has 0 aromatic heterocycles. The van der Waals surface area contributed by atoms with Crippen LogP contribution < -0.4 is 5.73 Å². The summed E-state index contributed by atoms with van der Waals surface area (Å²) in [4.78, 5) is 0. The minimum atomic E-state index is 0.170. The molecule has 0 aliphatic carbocycles. The van der Waals surface area contributed by atoms with Crippen LogP contribution in [0.15, 0.2) is 18.2 Å². The van der Waals surface area contributed by atoms with Crippen LogP contribution in [-0.2, 0) is 0 Å². The highest BCUT2D eigenvalue weighted by molar-refractivity contribution is 8.07. The molecular formula is C14H21NS2. The largest absolute Gasteiger partial charge is 0.323 e. The van der Waals surface area contributed by atoms with Gasteiger partial charge in [-0.3, -0.25) is 0 Å². The topological polar surface area (TPSA) is 26.0 Å². The van der Waals surface area contributed by atoms with Gasteiger partial charge in [-0.2, -0.15) is 23.5 Å². The molecule has 0 radical (unpaired) electrons. The SMILES string of the molecule is Cc1ccc(C(N)C2SCCSC2C)c(C)c1. The number of aryl methyl sites for hydroxylation is 2. The van der Waals surface area contributed by atoms with E-state index in [4.69, 9.17) is 5.73 Å². The number of nitrogens with two attached hydrogens (primary N) is 1. The van der Waals surface area contributed by atoms with Gasteiger partial charge in [0, 0.05) is 28.0 Å². The maximum atomic E-state index is 6.48. The van der Waals surface area contributed by atoms with E-state index in [1.807, 2.05) is 11.8 Å². The van der Waals surface area contributed by atoms with Crippen molar-refractivity contribution in [2.24, 2.45) is 5.73 Å². The Hall–Kier alpha value is -0.120. The highest BCUT2D eigenvalue weighted by atomic mass is 32.2. The molecule has 3 atom stereocenters. The first-order valence-corrected chi connectivity index (χ1v) is 8.25. The van der Waals surface area contributed by atoms with Gasteiger partial charge in [-0.15, -0.1) is 0 Å². The first-order valence-electron chi connectivity index (χ1n) is 6.15. The zero-order chi connectivity index (χ0) is 12.4. The van der Waals surface area contributed by atoms with E-state index in [0.717, 1.165) is 0 Å². The van der Waals surface area contributed by atoms with Gasteiger partial charge in [0.05, 0.1) is 0 Å². The summed E-state index contributed by atoms with van der Waals surface area (Å²) >= 11 is 4.10. The summed E-state index contributed by atoms with van der Waals surface area (Å²) in [7, 11) is 0. The summed E-state index contributed by atoms with van der Waals surface area (Å²) in [6.07, 6.45) is 0. The average molecular weight is 267 g/mol. The van der Waals surface area contributed by atoms with Crippen LogP contribution in [0, 0.1) is 13.8 Å². The number of rotatable bonds is 2. The second-order valence-corrected chi connectivity index (χ2v) is 7.57. The molecule has 1 aromatic rings. The van der Waals surface area contributed by atoms with Crippen molar-refractivity contribution in [2.75, 3.05) is 11.5 Å². The zero-order valence-electron chi connectivity index (χ0n) is 10.8. The predicted octanol–water partition coefficient (Wildman–Crippen LogP) is 3.54. The van der Waals surface area contributed by atoms with E-state index in [-0.39, 0.29) is 6.04 Å². The molecule has 1 aliphatic heterocycles. The Morgan fingerprint density at radius 2 is 1.94 bits per heavy atom. The Kier molecular flexibility index (Phi) is 4.45. The molecule has 1 aliphatic rings. The van der Waals surface area contributed by atoms with Gasteiger partial charge in [-0.1, -0.05) is 30.7 Å². The van der Waals surface area contributed by atoms with E-state index >= 15 is 0 Å². The molecule has 3 unspecified atom stereocenters. The van der Waals surface area contributed by atoms with Gasteiger partial charge >= 0.3 is 0 Å². The van der Waals surface area contributed by atoms with Crippen LogP contribution in [0.4, 0.5) is 0 Å². The monoisotopic (exact) mass is 267 g/mol. The van der Waals surface area contributed by atoms with Crippen LogP contribution in [0.2, 0.25) is 0 Å². The molecule has 1 fully saturated rings. The summed E-state index contributed by atoms with van der Waals surface area (Å²) in [5.74, 6) is 2.50. The highest BCUT2D eigenvalue weighted by Gasteiger charge is 2.29. The van der Waals surface area contributed by atoms with E-state index in [1.54, 1.807) is 0 Å². The predicted molar refractivity (Wildman–Crippen MR) is 81.0 cm³/mol. The second kappa shape index (κ2) is 5.68. The van der Waals surface area contributed by atoms with Crippen molar-refractivity contribution >= 4 is 23.5 Å². The Balaban J connectivity index is 2.20. The molecule has 1 saturated heterocycles. The molecule has 2 N–H and O–H groups in total. The third-order valence-corrected chi connectivity index (χ3v) is 6.59. The van der Waals surface area contributed by atoms with Crippen LogP contribution in [0.25, 0.3) is 0 Å². The number of hydrogen-bond acceptors (Lipinski definition) is 3. The molecule has 2 rings (SSSR count). The third-order valence-electron chi connectivity index (χ3n) is 3.38. The minimum Gasteiger partial charge on any atom is -0.323 e. The normalized spacial score (nSPS) is 26.8. The molecule has 1 aromatic carbocycles. The minimum absolute atomic E-state index is 0.170. The van der Waals surface area contributed by atoms with Crippen LogP contribution in [-0.4, -0.2) is 22.0 Å². The lowest BCUT2D eigenvalue weighted by atomic mass is 9.96. The zero-order valence-corrected chi connectivity index (χ0v) is 12.4. The van der Waals surface area contributed by atoms with E-state index < -0.39 is 0 Å². The van der Waals surface area contributed by atoms with E-state index in [9.17, 15) is 0 Å². The quantitative estimate of drug-likeness (QED) is 0.887. The van der Waals surface area contributed by atoms with Gasteiger partial charge in [0.2, 0.25) is 0 Å². The van der Waals surface area contributed by atoms with E-state index in [0.29, 0.717) is 10.5 Å². The Bertz CT molecular complexity index is 392. The maximum Gasteiger partial charge on any atom is 0.0428 e. The van der Waals surface area contributed by atoms with Gasteiger partial charge in [0.1, 0.15) is 0 Å². The smallest absolute Gasteiger partial charge is 0.0428 e. The van der Waals surface area contributed by atoms with E-state index in [2.05, 4.69) is 50.7 Å². The lowest BCUT2D eigenvalue weighted by Gasteiger charge is -2.33. The number of benzene rings is 1. The fourth-order valence-corrected chi connectivity index (χ4v) is 5.29. The Morgan fingerprint density at radius 3 is 2.59 bits per heavy atom. The standard InChI is InChI=1S/C14H21NS2/c1-9-4-5-12(10(2)8-9)13(15)14-11(3)16-6-7-17-14/h4-5,8,11,13-14H,6-7,15H2,1-3H3. The van der Waals surface area contributed by atoms with Crippen molar-refractivity contribution in [3.05, 3.63) is 34.9 Å². The van der Waals surface area contributed by atoms with Crippen LogP contribution >= 0.6 is 23.5 Å². The molecule has 17 heavy (non-hydrogen) atoms. The maximum absolute atomic E-state index is 6.48. The van der Waals surface area contributed by atoms with Crippen molar-refractivity contribution in [3.63, 3.8) is 0 Å². The molecule has 0 spiro atoms. The lowest BCUT2D eigenvalue weighted by Crippen LogP contribution is -2.34. The fraction of sp³-hybridized carbons (Fsp3) is 0.571. The van der Waals surface area contributed by atoms with Gasteiger partial charge in [-0.05, 0) is 25.0 Å². The molecule has 0 amide bonds. The summed E-state index contributed by atoms with van der Waals surface area (Å²) in [6, 6.07) is 6.79. The number of thioether (sulfide) groups is 2. The molecule has 3 heteroatoms. The van der Waals surface area contributed by atoms with Gasteiger partial charge in [-0.25, -0.2) is 0 Å². The van der Waals surface area contributed by atoms with Gasteiger partial charge in [0.15, 0.2) is 0 Å². The van der Waals surface area contributed by atoms with Crippen molar-refractivity contribution in [2.45, 2.75) is 37.3 Å². The Morgan fingerprint density at radius 1 is 1.24 bits per heavy atom. The molecule has 1 nitrogen and oxygen atoms in total. The van der Waals surface area contributed by atoms with Crippen LogP contribution in [0.5, 0.6) is 0 Å². The van der Waals surface area contributed by atoms with Crippen molar-refractivity contribution in [1.29, 1.82) is 0 Å². The summed E-state index contributed by atoms with van der Waals surface area (Å²) in [5.41, 5.74) is 10.4. The fourth-order valence-electron chi connectivity index (χ4n) is 2.42. The van der Waals surface area contributed by atoms with Crippen molar-refractivity contribution in [1.82, 2.24) is 0 Å². The number of hydrogen-bond donors (Lipinski definition) is 1. The first-order chi connectivity index (χ1) is 8.09. The first kappa shape index (κ1) is 13.3. The average Bonchev–Trinajstić information content (AvgIpc) is 2.29. The van der Waals surface area contributed by atoms with Gasteiger partial charge < -0.3 is 5.73 Å². The third kappa shape index (κ3) is 3.01. The van der Waals surface area contributed by atoms with Crippen LogP contribution in [0.3, 0.4) is 0 Å². The molecular weight excluding hydrogens is 246 g/mol. The molecule has 0 bridgehead atoms. The van der Waals surface area contributed by atoms with E-state index in [1.165, 1.54) is 28.2 Å². The Labute approximate surface area is 113 Å². The molecule has 1 heterocycles. The summed E-state index contributed by atoms with van der Waals surface area (Å²) < 4.78 is 0. The van der Waals surface area contributed by atoms with Crippen molar-refractivity contribution < 1.29 is 0 Å². The lowest BCUT2D eigenvalue weighted by molar-refractivity contribution is 0.660. The van der Waals surface area contributed by atoms with Crippen molar-refractivity contribution in [3.8, 4) is 0 Å². The molecule has 0 saturated carbocycles. The summed E-state index contributed by atoms with van der Waals surface area (Å²) in [6.45, 7) is 6.62. The molecule has 94 valence electrons. The van der Waals surface area contributed by atoms with Crippen LogP contribution in [0.1, 0.15) is 29.7 Å². The second-order valence-electron chi connectivity index (χ2n) is 4.80. The summed E-state index contributed by atoms with van der Waals surface area (Å²) in [5, 5.41) is 1.21.